The molecule has 1 heterocycles. The van der Waals surface area contributed by atoms with Gasteiger partial charge in [-0.3, -0.25) is 4.79 Å². The third-order valence-corrected chi connectivity index (χ3v) is 3.72. The smallest absolute Gasteiger partial charge is 0.336 e. The third-order valence-electron chi connectivity index (χ3n) is 3.72. The zero-order valence-corrected chi connectivity index (χ0v) is 12.1. The zero-order chi connectivity index (χ0) is 15.7. The Labute approximate surface area is 127 Å². The first-order valence-electron chi connectivity index (χ1n) is 6.97. The Morgan fingerprint density at radius 1 is 1.14 bits per heavy atom. The maximum Gasteiger partial charge on any atom is 0.336 e. The van der Waals surface area contributed by atoms with Crippen molar-refractivity contribution in [3.63, 3.8) is 0 Å². The van der Waals surface area contributed by atoms with Crippen molar-refractivity contribution in [2.24, 2.45) is 0 Å². The fraction of sp³-hybridized carbons (Fsp3) is 0.111. The van der Waals surface area contributed by atoms with Crippen LogP contribution >= 0.6 is 0 Å². The van der Waals surface area contributed by atoms with Crippen LogP contribution in [-0.4, -0.2) is 15.6 Å². The summed E-state index contributed by atoms with van der Waals surface area (Å²) in [6, 6.07) is 14.3. The summed E-state index contributed by atoms with van der Waals surface area (Å²) in [5.74, 6) is -0.986. The number of pyridine rings is 1. The van der Waals surface area contributed by atoms with Crippen LogP contribution in [0.3, 0.4) is 0 Å². The van der Waals surface area contributed by atoms with Crippen LogP contribution in [0.25, 0.3) is 10.8 Å². The maximum atomic E-state index is 12.5. The van der Waals surface area contributed by atoms with E-state index in [-0.39, 0.29) is 17.7 Å². The average molecular weight is 293 g/mol. The molecule has 0 unspecified atom stereocenters. The van der Waals surface area contributed by atoms with Crippen LogP contribution < -0.4 is 5.56 Å². The Bertz CT molecular complexity index is 925. The lowest BCUT2D eigenvalue weighted by Gasteiger charge is -2.10. The molecule has 0 fully saturated rings. The van der Waals surface area contributed by atoms with Crippen LogP contribution in [-0.2, 0) is 6.54 Å². The average Bonchev–Trinajstić information content (AvgIpc) is 2.50. The van der Waals surface area contributed by atoms with E-state index in [0.29, 0.717) is 10.9 Å². The summed E-state index contributed by atoms with van der Waals surface area (Å²) in [6.07, 6.45) is 1.71. The van der Waals surface area contributed by atoms with E-state index in [2.05, 4.69) is 0 Å². The monoisotopic (exact) mass is 293 g/mol. The van der Waals surface area contributed by atoms with Gasteiger partial charge in [-0.05, 0) is 36.1 Å². The van der Waals surface area contributed by atoms with Gasteiger partial charge in [0.15, 0.2) is 0 Å². The first-order valence-corrected chi connectivity index (χ1v) is 6.97. The van der Waals surface area contributed by atoms with Crippen LogP contribution in [0.5, 0.6) is 0 Å². The Hall–Kier alpha value is -2.88. The summed E-state index contributed by atoms with van der Waals surface area (Å²) < 4.78 is 1.54. The second-order valence-electron chi connectivity index (χ2n) is 5.30. The number of aryl methyl sites for hydroxylation is 1. The van der Waals surface area contributed by atoms with E-state index in [0.717, 1.165) is 10.9 Å². The van der Waals surface area contributed by atoms with Gasteiger partial charge < -0.3 is 9.67 Å². The molecule has 0 amide bonds. The topological polar surface area (TPSA) is 59.3 Å². The Balaban J connectivity index is 2.09. The molecule has 4 nitrogen and oxygen atoms in total. The fourth-order valence-corrected chi connectivity index (χ4v) is 2.58. The fourth-order valence-electron chi connectivity index (χ4n) is 2.58. The number of benzene rings is 2. The lowest BCUT2D eigenvalue weighted by molar-refractivity contribution is 0.0695. The summed E-state index contributed by atoms with van der Waals surface area (Å²) >= 11 is 0. The van der Waals surface area contributed by atoms with Crippen LogP contribution in [0, 0.1) is 6.92 Å². The number of carboxylic acids is 1. The van der Waals surface area contributed by atoms with E-state index in [1.807, 2.05) is 31.2 Å². The molecule has 3 rings (SSSR count). The standard InChI is InChI=1S/C18H15NO3/c1-12-6-7-15-13(10-12)8-9-19(17(15)20)11-14-4-2-3-5-16(14)18(21)22/h2-10H,11H2,1H3,(H,21,22). The van der Waals surface area contributed by atoms with Gasteiger partial charge in [-0.2, -0.15) is 0 Å². The molecule has 0 bridgehead atoms. The van der Waals surface area contributed by atoms with Crippen molar-refractivity contribution in [3.8, 4) is 0 Å². The van der Waals surface area contributed by atoms with Crippen molar-refractivity contribution in [1.82, 2.24) is 4.57 Å². The van der Waals surface area contributed by atoms with Gasteiger partial charge >= 0.3 is 5.97 Å². The van der Waals surface area contributed by atoms with E-state index in [1.54, 1.807) is 35.0 Å². The molecular weight excluding hydrogens is 278 g/mol. The summed E-state index contributed by atoms with van der Waals surface area (Å²) in [7, 11) is 0. The predicted octanol–water partition coefficient (Wildman–Crippen LogP) is 3.06. The number of hydrogen-bond acceptors (Lipinski definition) is 2. The number of fused-ring (bicyclic) bond motifs is 1. The van der Waals surface area contributed by atoms with Crippen LogP contribution in [0.2, 0.25) is 0 Å². The summed E-state index contributed by atoms with van der Waals surface area (Å²) in [5, 5.41) is 10.8. The highest BCUT2D eigenvalue weighted by Gasteiger charge is 2.10. The van der Waals surface area contributed by atoms with Gasteiger partial charge in [-0.1, -0.05) is 35.9 Å². The maximum absolute atomic E-state index is 12.5. The molecule has 0 saturated heterocycles. The highest BCUT2D eigenvalue weighted by atomic mass is 16.4. The molecule has 110 valence electrons. The Morgan fingerprint density at radius 3 is 2.68 bits per heavy atom. The highest BCUT2D eigenvalue weighted by molar-refractivity contribution is 5.89. The van der Waals surface area contributed by atoms with Crippen molar-refractivity contribution >= 4 is 16.7 Å². The van der Waals surface area contributed by atoms with Crippen molar-refractivity contribution in [2.75, 3.05) is 0 Å². The van der Waals surface area contributed by atoms with Crippen molar-refractivity contribution in [1.29, 1.82) is 0 Å². The first kappa shape index (κ1) is 14.1. The minimum Gasteiger partial charge on any atom is -0.478 e. The van der Waals surface area contributed by atoms with E-state index in [1.165, 1.54) is 0 Å². The molecule has 0 radical (unpaired) electrons. The van der Waals surface area contributed by atoms with E-state index in [9.17, 15) is 14.7 Å². The number of carbonyl (C=O) groups is 1. The molecular formula is C18H15NO3. The van der Waals surface area contributed by atoms with Gasteiger partial charge in [0.2, 0.25) is 0 Å². The van der Waals surface area contributed by atoms with Crippen molar-refractivity contribution in [2.45, 2.75) is 13.5 Å². The normalized spacial score (nSPS) is 10.8. The Morgan fingerprint density at radius 2 is 1.91 bits per heavy atom. The summed E-state index contributed by atoms with van der Waals surface area (Å²) in [5.41, 5.74) is 1.82. The molecule has 1 aromatic heterocycles. The molecule has 0 spiro atoms. The van der Waals surface area contributed by atoms with Gasteiger partial charge in [0, 0.05) is 11.6 Å². The summed E-state index contributed by atoms with van der Waals surface area (Å²) in [4.78, 5) is 23.8. The molecule has 0 aliphatic rings. The largest absolute Gasteiger partial charge is 0.478 e. The Kier molecular flexibility index (Phi) is 3.51. The molecule has 0 atom stereocenters. The minimum atomic E-state index is -0.986. The van der Waals surface area contributed by atoms with Gasteiger partial charge in [-0.25, -0.2) is 4.79 Å². The second-order valence-corrected chi connectivity index (χ2v) is 5.30. The molecule has 4 heteroatoms. The van der Waals surface area contributed by atoms with Crippen LogP contribution in [0.1, 0.15) is 21.5 Å². The second kappa shape index (κ2) is 5.48. The van der Waals surface area contributed by atoms with Crippen molar-refractivity contribution in [3.05, 3.63) is 81.8 Å². The van der Waals surface area contributed by atoms with Crippen LogP contribution in [0.4, 0.5) is 0 Å². The van der Waals surface area contributed by atoms with E-state index >= 15 is 0 Å². The van der Waals surface area contributed by atoms with Crippen LogP contribution in [0.15, 0.2) is 59.5 Å². The zero-order valence-electron chi connectivity index (χ0n) is 12.1. The highest BCUT2D eigenvalue weighted by Crippen LogP contribution is 2.14. The molecule has 0 saturated carbocycles. The number of aromatic nitrogens is 1. The molecule has 3 aromatic rings. The van der Waals surface area contributed by atoms with Crippen molar-refractivity contribution < 1.29 is 9.90 Å². The quantitative estimate of drug-likeness (QED) is 0.807. The van der Waals surface area contributed by atoms with E-state index in [4.69, 9.17) is 0 Å². The lowest BCUT2D eigenvalue weighted by Crippen LogP contribution is -2.21. The predicted molar refractivity (Wildman–Crippen MR) is 85.4 cm³/mol. The van der Waals surface area contributed by atoms with Gasteiger partial charge in [-0.15, -0.1) is 0 Å². The summed E-state index contributed by atoms with van der Waals surface area (Å²) in [6.45, 7) is 2.22. The molecule has 2 aromatic carbocycles. The number of rotatable bonds is 3. The minimum absolute atomic E-state index is 0.113. The number of carboxylic acid groups (broad SMARTS) is 1. The molecule has 0 aliphatic carbocycles. The van der Waals surface area contributed by atoms with Gasteiger partial charge in [0.05, 0.1) is 12.1 Å². The third kappa shape index (κ3) is 2.51. The number of aromatic carboxylic acids is 1. The molecule has 1 N–H and O–H groups in total. The lowest BCUT2D eigenvalue weighted by atomic mass is 10.1. The SMILES string of the molecule is Cc1ccc2c(=O)n(Cc3ccccc3C(=O)O)ccc2c1. The van der Waals surface area contributed by atoms with E-state index < -0.39 is 5.97 Å². The first-order chi connectivity index (χ1) is 10.6. The molecule has 22 heavy (non-hydrogen) atoms. The number of hydrogen-bond donors (Lipinski definition) is 1. The number of nitrogens with zero attached hydrogens (tertiary/aromatic N) is 1. The molecule has 0 aliphatic heterocycles. The van der Waals surface area contributed by atoms with Gasteiger partial charge in [0.1, 0.15) is 0 Å². The van der Waals surface area contributed by atoms with Gasteiger partial charge in [0.25, 0.3) is 5.56 Å².